The summed E-state index contributed by atoms with van der Waals surface area (Å²) in [7, 11) is 0. The van der Waals surface area contributed by atoms with Gasteiger partial charge in [-0.15, -0.1) is 0 Å². The normalized spacial score (nSPS) is 14.1. The average molecular weight is 478 g/mol. The van der Waals surface area contributed by atoms with Crippen molar-refractivity contribution in [3.8, 4) is 0 Å². The highest BCUT2D eigenvalue weighted by Gasteiger charge is 2.37. The quantitative estimate of drug-likeness (QED) is 0.654. The lowest BCUT2D eigenvalue weighted by atomic mass is 10.1. The van der Waals surface area contributed by atoms with E-state index in [4.69, 9.17) is 4.74 Å². The number of alkyl halides is 6. The number of carbonyl (C=O) groups excluding carboxylic acids is 2. The number of hydrogen-bond acceptors (Lipinski definition) is 4. The van der Waals surface area contributed by atoms with Crippen molar-refractivity contribution in [3.63, 3.8) is 0 Å². The molecule has 7 nitrogen and oxygen atoms in total. The third kappa shape index (κ3) is 5.96. The zero-order chi connectivity index (χ0) is 24.4. The number of rotatable bonds is 5. The molecule has 0 saturated carbocycles. The van der Waals surface area contributed by atoms with Crippen LogP contribution in [0, 0.1) is 0 Å². The SMILES string of the molecule is CCCNC(=O)c1cc2n(n1)CCN(C(=O)OCc1cc(C(F)(F)F)cc(C(F)(F)F)c1)C2. The Labute approximate surface area is 184 Å². The summed E-state index contributed by atoms with van der Waals surface area (Å²) >= 11 is 0. The minimum Gasteiger partial charge on any atom is -0.445 e. The monoisotopic (exact) mass is 478 g/mol. The van der Waals surface area contributed by atoms with E-state index in [1.165, 1.54) is 11.0 Å². The molecule has 1 N–H and O–H groups in total. The zero-order valence-electron chi connectivity index (χ0n) is 17.4. The highest BCUT2D eigenvalue weighted by atomic mass is 19.4. The van der Waals surface area contributed by atoms with Crippen LogP contribution in [0.1, 0.15) is 46.2 Å². The fourth-order valence-corrected chi connectivity index (χ4v) is 3.20. The molecule has 2 heterocycles. The molecule has 0 saturated heterocycles. The standard InChI is InChI=1S/C20H20F6N4O3/c1-2-3-27-17(31)16-9-15-10-29(4-5-30(15)28-16)18(32)33-11-12-6-13(19(21,22)23)8-14(7-12)20(24,25)26/h6-9H,2-5,10-11H2,1H3,(H,27,31). The maximum absolute atomic E-state index is 13.0. The van der Waals surface area contributed by atoms with Crippen LogP contribution in [0.25, 0.3) is 0 Å². The summed E-state index contributed by atoms with van der Waals surface area (Å²) in [5.74, 6) is -0.363. The van der Waals surface area contributed by atoms with Gasteiger partial charge in [0.2, 0.25) is 0 Å². The van der Waals surface area contributed by atoms with Gasteiger partial charge in [0.1, 0.15) is 6.61 Å². The summed E-state index contributed by atoms with van der Waals surface area (Å²) in [5, 5.41) is 6.85. The maximum atomic E-state index is 13.0. The predicted molar refractivity (Wildman–Crippen MR) is 102 cm³/mol. The number of aromatic nitrogens is 2. The maximum Gasteiger partial charge on any atom is 0.416 e. The first-order chi connectivity index (χ1) is 15.4. The van der Waals surface area contributed by atoms with Crippen molar-refractivity contribution in [2.45, 2.75) is 45.4 Å². The average Bonchev–Trinajstić information content (AvgIpc) is 3.18. The van der Waals surface area contributed by atoms with Crippen molar-refractivity contribution in [1.82, 2.24) is 20.0 Å². The van der Waals surface area contributed by atoms with Gasteiger partial charge >= 0.3 is 18.4 Å². The molecule has 0 bridgehead atoms. The highest BCUT2D eigenvalue weighted by molar-refractivity contribution is 5.92. The lowest BCUT2D eigenvalue weighted by molar-refractivity contribution is -0.143. The van der Waals surface area contributed by atoms with Crippen molar-refractivity contribution >= 4 is 12.0 Å². The molecule has 3 rings (SSSR count). The van der Waals surface area contributed by atoms with E-state index in [9.17, 15) is 35.9 Å². The molecule has 2 amide bonds. The molecule has 2 aromatic rings. The van der Waals surface area contributed by atoms with Crippen LogP contribution in [0.2, 0.25) is 0 Å². The molecule has 1 aliphatic rings. The van der Waals surface area contributed by atoms with E-state index in [1.807, 2.05) is 6.92 Å². The second-order valence-corrected chi connectivity index (χ2v) is 7.39. The minimum absolute atomic E-state index is 0.00531. The van der Waals surface area contributed by atoms with Crippen LogP contribution < -0.4 is 5.32 Å². The molecule has 0 fully saturated rings. The Balaban J connectivity index is 1.67. The molecule has 13 heteroatoms. The first kappa shape index (κ1) is 24.4. The van der Waals surface area contributed by atoms with Gasteiger partial charge < -0.3 is 15.0 Å². The summed E-state index contributed by atoms with van der Waals surface area (Å²) in [6, 6.07) is 2.53. The zero-order valence-corrected chi connectivity index (χ0v) is 17.4. The van der Waals surface area contributed by atoms with Crippen LogP contribution in [0.4, 0.5) is 31.1 Å². The van der Waals surface area contributed by atoms with Crippen LogP contribution in [0.15, 0.2) is 24.3 Å². The van der Waals surface area contributed by atoms with E-state index in [0.717, 1.165) is 6.42 Å². The van der Waals surface area contributed by atoms with Crippen LogP contribution >= 0.6 is 0 Å². The number of halogens is 6. The largest absolute Gasteiger partial charge is 0.445 e. The molecule has 0 atom stereocenters. The first-order valence-electron chi connectivity index (χ1n) is 9.93. The van der Waals surface area contributed by atoms with Gasteiger partial charge in [-0.05, 0) is 36.2 Å². The topological polar surface area (TPSA) is 76.5 Å². The van der Waals surface area contributed by atoms with Gasteiger partial charge in [-0.3, -0.25) is 9.48 Å². The van der Waals surface area contributed by atoms with E-state index < -0.39 is 41.7 Å². The van der Waals surface area contributed by atoms with Gasteiger partial charge in [0.15, 0.2) is 5.69 Å². The van der Waals surface area contributed by atoms with E-state index in [2.05, 4.69) is 10.4 Å². The Morgan fingerprint density at radius 1 is 1.03 bits per heavy atom. The number of ether oxygens (including phenoxy) is 1. The minimum atomic E-state index is -4.99. The van der Waals surface area contributed by atoms with Crippen molar-refractivity contribution < 1.29 is 40.7 Å². The number of hydrogen-bond donors (Lipinski definition) is 1. The van der Waals surface area contributed by atoms with E-state index in [1.54, 1.807) is 4.68 Å². The second-order valence-electron chi connectivity index (χ2n) is 7.39. The Kier molecular flexibility index (Phi) is 6.89. The summed E-state index contributed by atoms with van der Waals surface area (Å²) in [6.07, 6.45) is -10.2. The predicted octanol–water partition coefficient (Wildman–Crippen LogP) is 4.21. The molecule has 1 aromatic carbocycles. The van der Waals surface area contributed by atoms with Gasteiger partial charge in [-0.2, -0.15) is 31.4 Å². The van der Waals surface area contributed by atoms with Crippen molar-refractivity contribution in [2.24, 2.45) is 0 Å². The fraction of sp³-hybridized carbons (Fsp3) is 0.450. The molecule has 180 valence electrons. The van der Waals surface area contributed by atoms with Crippen LogP contribution in [-0.2, 0) is 36.8 Å². The second kappa shape index (κ2) is 9.32. The summed E-state index contributed by atoms with van der Waals surface area (Å²) < 4.78 is 84.4. The van der Waals surface area contributed by atoms with Crippen molar-refractivity contribution in [2.75, 3.05) is 13.1 Å². The van der Waals surface area contributed by atoms with Crippen LogP contribution in [0.3, 0.4) is 0 Å². The molecular formula is C20H20F6N4O3. The molecule has 0 aliphatic carbocycles. The Hall–Kier alpha value is -3.25. The van der Waals surface area contributed by atoms with Gasteiger partial charge in [-0.25, -0.2) is 4.79 Å². The number of benzene rings is 1. The molecule has 33 heavy (non-hydrogen) atoms. The summed E-state index contributed by atoms with van der Waals surface area (Å²) in [6.45, 7) is 2.00. The number of fused-ring (bicyclic) bond motifs is 1. The smallest absolute Gasteiger partial charge is 0.416 e. The lowest BCUT2D eigenvalue weighted by Crippen LogP contribution is -2.38. The number of nitrogens with one attached hydrogen (secondary N) is 1. The van der Waals surface area contributed by atoms with Crippen molar-refractivity contribution in [3.05, 3.63) is 52.3 Å². The third-order valence-corrected chi connectivity index (χ3v) is 4.83. The van der Waals surface area contributed by atoms with Gasteiger partial charge in [0.05, 0.1) is 29.9 Å². The third-order valence-electron chi connectivity index (χ3n) is 4.83. The summed E-state index contributed by atoms with van der Waals surface area (Å²) in [4.78, 5) is 25.6. The van der Waals surface area contributed by atoms with Gasteiger partial charge in [-0.1, -0.05) is 6.92 Å². The van der Waals surface area contributed by atoms with Crippen molar-refractivity contribution in [1.29, 1.82) is 0 Å². The van der Waals surface area contributed by atoms with Gasteiger partial charge in [0.25, 0.3) is 5.91 Å². The molecule has 1 aliphatic heterocycles. The van der Waals surface area contributed by atoms with E-state index >= 15 is 0 Å². The Morgan fingerprint density at radius 2 is 1.67 bits per heavy atom. The molecule has 0 spiro atoms. The van der Waals surface area contributed by atoms with Crippen LogP contribution in [0.5, 0.6) is 0 Å². The molecule has 0 radical (unpaired) electrons. The number of nitrogens with zero attached hydrogens (tertiary/aromatic N) is 3. The van der Waals surface area contributed by atoms with Gasteiger partial charge in [0, 0.05) is 13.1 Å². The van der Waals surface area contributed by atoms with E-state index in [-0.39, 0.29) is 37.3 Å². The Morgan fingerprint density at radius 3 is 2.24 bits per heavy atom. The molecule has 1 aromatic heterocycles. The molecule has 0 unspecified atom stereocenters. The fourth-order valence-electron chi connectivity index (χ4n) is 3.20. The molecular weight excluding hydrogens is 458 g/mol. The Bertz CT molecular complexity index is 1000. The summed E-state index contributed by atoms with van der Waals surface area (Å²) in [5.41, 5.74) is -2.70. The first-order valence-corrected chi connectivity index (χ1v) is 9.93. The van der Waals surface area contributed by atoms with E-state index in [0.29, 0.717) is 24.4 Å². The highest BCUT2D eigenvalue weighted by Crippen LogP contribution is 2.36. The lowest BCUT2D eigenvalue weighted by Gasteiger charge is -2.27. The number of amides is 2. The van der Waals surface area contributed by atoms with Crippen LogP contribution in [-0.4, -0.2) is 39.8 Å². The number of carbonyl (C=O) groups is 2.